The lowest BCUT2D eigenvalue weighted by Gasteiger charge is -2.18. The van der Waals surface area contributed by atoms with E-state index in [4.69, 9.17) is 9.47 Å². The van der Waals surface area contributed by atoms with Crippen LogP contribution in [0.1, 0.15) is 30.4 Å². The summed E-state index contributed by atoms with van der Waals surface area (Å²) >= 11 is 0. The molecule has 1 aliphatic heterocycles. The van der Waals surface area contributed by atoms with Crippen molar-refractivity contribution in [2.45, 2.75) is 25.3 Å². The Balaban J connectivity index is 1.84. The molecule has 3 rings (SSSR count). The van der Waals surface area contributed by atoms with E-state index in [1.54, 1.807) is 7.11 Å². The highest BCUT2D eigenvalue weighted by molar-refractivity contribution is 5.28. The SMILES string of the molecule is COc1ccc([C@@H]2O[C@@H](c3ccccc3)[C@H](C)[NH+]2C)cc1. The van der Waals surface area contributed by atoms with E-state index >= 15 is 0 Å². The number of ether oxygens (including phenoxy) is 2. The summed E-state index contributed by atoms with van der Waals surface area (Å²) < 4.78 is 11.6. The van der Waals surface area contributed by atoms with Gasteiger partial charge in [0.05, 0.1) is 14.2 Å². The molecule has 1 saturated heterocycles. The highest BCUT2D eigenvalue weighted by Crippen LogP contribution is 2.31. The number of nitrogens with one attached hydrogen (secondary N) is 1. The van der Waals surface area contributed by atoms with Crippen LogP contribution in [0.15, 0.2) is 54.6 Å². The Morgan fingerprint density at radius 1 is 0.952 bits per heavy atom. The molecule has 1 heterocycles. The Morgan fingerprint density at radius 2 is 1.62 bits per heavy atom. The molecule has 1 unspecified atom stereocenters. The largest absolute Gasteiger partial charge is 0.497 e. The fourth-order valence-electron chi connectivity index (χ4n) is 2.98. The van der Waals surface area contributed by atoms with Crippen molar-refractivity contribution in [3.8, 4) is 5.75 Å². The van der Waals surface area contributed by atoms with Crippen molar-refractivity contribution in [3.63, 3.8) is 0 Å². The van der Waals surface area contributed by atoms with Crippen molar-refractivity contribution in [2.24, 2.45) is 0 Å². The fourth-order valence-corrected chi connectivity index (χ4v) is 2.98. The van der Waals surface area contributed by atoms with Gasteiger partial charge in [-0.25, -0.2) is 0 Å². The van der Waals surface area contributed by atoms with Gasteiger partial charge >= 0.3 is 0 Å². The number of benzene rings is 2. The van der Waals surface area contributed by atoms with Crippen molar-refractivity contribution >= 4 is 0 Å². The molecule has 0 amide bonds. The van der Waals surface area contributed by atoms with Gasteiger partial charge in [0.1, 0.15) is 17.9 Å². The maximum atomic E-state index is 6.35. The second-order valence-corrected chi connectivity index (χ2v) is 5.65. The maximum Gasteiger partial charge on any atom is 0.219 e. The van der Waals surface area contributed by atoms with E-state index in [1.807, 2.05) is 18.2 Å². The predicted octanol–water partition coefficient (Wildman–Crippen LogP) is 2.37. The topological polar surface area (TPSA) is 22.9 Å². The molecule has 0 saturated carbocycles. The van der Waals surface area contributed by atoms with Crippen LogP contribution in [-0.4, -0.2) is 20.2 Å². The molecule has 0 aliphatic carbocycles. The van der Waals surface area contributed by atoms with Crippen molar-refractivity contribution in [1.29, 1.82) is 0 Å². The number of likely N-dealkylation sites (N-methyl/N-ethyl adjacent to an activating group) is 1. The summed E-state index contributed by atoms with van der Waals surface area (Å²) in [5, 5.41) is 0. The van der Waals surface area contributed by atoms with Gasteiger partial charge in [-0.3, -0.25) is 0 Å². The highest BCUT2D eigenvalue weighted by atomic mass is 16.5. The zero-order chi connectivity index (χ0) is 14.8. The third-order valence-corrected chi connectivity index (χ3v) is 4.42. The number of hydrogen-bond acceptors (Lipinski definition) is 2. The summed E-state index contributed by atoms with van der Waals surface area (Å²) in [6.07, 6.45) is 0.203. The van der Waals surface area contributed by atoms with Gasteiger partial charge in [0.25, 0.3) is 0 Å². The van der Waals surface area contributed by atoms with Gasteiger partial charge in [-0.1, -0.05) is 30.3 Å². The monoisotopic (exact) mass is 284 g/mol. The van der Waals surface area contributed by atoms with E-state index in [0.717, 1.165) is 5.75 Å². The van der Waals surface area contributed by atoms with E-state index in [9.17, 15) is 0 Å². The van der Waals surface area contributed by atoms with Gasteiger partial charge in [-0.2, -0.15) is 0 Å². The van der Waals surface area contributed by atoms with Crippen LogP contribution in [-0.2, 0) is 4.74 Å². The second kappa shape index (κ2) is 5.88. The van der Waals surface area contributed by atoms with Crippen LogP contribution in [0.3, 0.4) is 0 Å². The van der Waals surface area contributed by atoms with Crippen LogP contribution in [0.2, 0.25) is 0 Å². The third-order valence-electron chi connectivity index (χ3n) is 4.42. The first-order chi connectivity index (χ1) is 10.2. The van der Waals surface area contributed by atoms with Crippen molar-refractivity contribution in [3.05, 3.63) is 65.7 Å². The van der Waals surface area contributed by atoms with Crippen LogP contribution >= 0.6 is 0 Å². The Kier molecular flexibility index (Phi) is 3.95. The Morgan fingerprint density at radius 3 is 2.24 bits per heavy atom. The zero-order valence-electron chi connectivity index (χ0n) is 12.7. The molecule has 0 radical (unpaired) electrons. The highest BCUT2D eigenvalue weighted by Gasteiger charge is 2.42. The molecule has 21 heavy (non-hydrogen) atoms. The summed E-state index contributed by atoms with van der Waals surface area (Å²) in [5.41, 5.74) is 2.44. The molecule has 1 fully saturated rings. The van der Waals surface area contributed by atoms with E-state index in [2.05, 4.69) is 50.4 Å². The number of quaternary nitrogens is 1. The van der Waals surface area contributed by atoms with Crippen LogP contribution in [0.25, 0.3) is 0 Å². The molecule has 0 aromatic heterocycles. The molecule has 2 aromatic carbocycles. The Labute approximate surface area is 126 Å². The quantitative estimate of drug-likeness (QED) is 0.935. The van der Waals surface area contributed by atoms with Gasteiger partial charge in [0, 0.05) is 5.56 Å². The van der Waals surface area contributed by atoms with E-state index in [0.29, 0.717) is 6.04 Å². The van der Waals surface area contributed by atoms with E-state index in [1.165, 1.54) is 16.0 Å². The lowest BCUT2D eigenvalue weighted by Crippen LogP contribution is -3.10. The smallest absolute Gasteiger partial charge is 0.219 e. The minimum absolute atomic E-state index is 0.0658. The van der Waals surface area contributed by atoms with E-state index < -0.39 is 0 Å². The molecule has 1 aliphatic rings. The lowest BCUT2D eigenvalue weighted by molar-refractivity contribution is -0.933. The van der Waals surface area contributed by atoms with E-state index in [-0.39, 0.29) is 12.3 Å². The summed E-state index contributed by atoms with van der Waals surface area (Å²) in [6, 6.07) is 19.1. The molecule has 3 heteroatoms. The molecule has 0 spiro atoms. The summed E-state index contributed by atoms with van der Waals surface area (Å²) in [6.45, 7) is 2.25. The average Bonchev–Trinajstić information content (AvgIpc) is 2.84. The average molecular weight is 284 g/mol. The molecule has 0 bridgehead atoms. The zero-order valence-corrected chi connectivity index (χ0v) is 12.7. The third kappa shape index (κ3) is 2.67. The first-order valence-electron chi connectivity index (χ1n) is 7.38. The maximum absolute atomic E-state index is 6.35. The molecule has 3 nitrogen and oxygen atoms in total. The van der Waals surface area contributed by atoms with Gasteiger partial charge in [-0.05, 0) is 36.8 Å². The van der Waals surface area contributed by atoms with Crippen LogP contribution in [0, 0.1) is 0 Å². The van der Waals surface area contributed by atoms with Crippen molar-refractivity contribution in [2.75, 3.05) is 14.2 Å². The minimum atomic E-state index is 0.0658. The van der Waals surface area contributed by atoms with Crippen molar-refractivity contribution < 1.29 is 14.4 Å². The Bertz CT molecular complexity index is 582. The summed E-state index contributed by atoms with van der Waals surface area (Å²) in [7, 11) is 3.88. The molecular weight excluding hydrogens is 262 g/mol. The first kappa shape index (κ1) is 14.1. The fraction of sp³-hybridized carbons (Fsp3) is 0.333. The first-order valence-corrected chi connectivity index (χ1v) is 7.38. The second-order valence-electron chi connectivity index (χ2n) is 5.65. The molecule has 2 aromatic rings. The number of hydrogen-bond donors (Lipinski definition) is 1. The molecule has 4 atom stereocenters. The Hall–Kier alpha value is -1.84. The number of methoxy groups -OCH3 is 1. The summed E-state index contributed by atoms with van der Waals surface area (Å²) in [4.78, 5) is 1.38. The van der Waals surface area contributed by atoms with Gasteiger partial charge in [0.2, 0.25) is 6.23 Å². The molecular formula is C18H22NO2+. The van der Waals surface area contributed by atoms with Gasteiger partial charge in [0.15, 0.2) is 0 Å². The standard InChI is InChI=1S/C18H21NO2/c1-13-17(14-7-5-4-6-8-14)21-18(19(13)2)15-9-11-16(20-3)12-10-15/h4-13,17-18H,1-3H3/p+1/t13-,17+,18-/m0/s1. The lowest BCUT2D eigenvalue weighted by atomic mass is 10.0. The number of rotatable bonds is 3. The van der Waals surface area contributed by atoms with Crippen LogP contribution in [0.5, 0.6) is 5.75 Å². The summed E-state index contributed by atoms with van der Waals surface area (Å²) in [5.74, 6) is 0.877. The minimum Gasteiger partial charge on any atom is -0.497 e. The predicted molar refractivity (Wildman–Crippen MR) is 82.4 cm³/mol. The normalized spacial score (nSPS) is 28.5. The van der Waals surface area contributed by atoms with Crippen molar-refractivity contribution in [1.82, 2.24) is 0 Å². The molecule has 1 N–H and O–H groups in total. The van der Waals surface area contributed by atoms with Crippen LogP contribution < -0.4 is 9.64 Å². The van der Waals surface area contributed by atoms with Gasteiger partial charge in [-0.15, -0.1) is 0 Å². The van der Waals surface area contributed by atoms with Crippen LogP contribution in [0.4, 0.5) is 0 Å². The van der Waals surface area contributed by atoms with Gasteiger partial charge < -0.3 is 14.4 Å². The molecule has 110 valence electrons.